The Morgan fingerprint density at radius 2 is 1.84 bits per heavy atom. The minimum Gasteiger partial charge on any atom is -0.406 e. The van der Waals surface area contributed by atoms with E-state index in [-0.39, 0.29) is 17.9 Å². The van der Waals surface area contributed by atoms with Crippen LogP contribution in [-0.4, -0.2) is 15.9 Å². The standard InChI is InChI=1S/C12H9F3N2O2/c13-12(14,15)19-10-3-1-9(2-4-10)7-17-8-16-6-5-11(17)18/h1-6,8H,7H2. The van der Waals surface area contributed by atoms with Crippen LogP contribution in [0.2, 0.25) is 0 Å². The third-order valence-electron chi connectivity index (χ3n) is 2.30. The third-order valence-corrected chi connectivity index (χ3v) is 2.30. The predicted molar refractivity (Wildman–Crippen MR) is 60.7 cm³/mol. The minimum absolute atomic E-state index is 0.231. The first-order valence-electron chi connectivity index (χ1n) is 5.29. The second-order valence-corrected chi connectivity index (χ2v) is 3.74. The number of hydrogen-bond acceptors (Lipinski definition) is 3. The lowest BCUT2D eigenvalue weighted by molar-refractivity contribution is -0.274. The molecule has 0 unspecified atom stereocenters. The normalized spacial score (nSPS) is 11.3. The second kappa shape index (κ2) is 5.13. The summed E-state index contributed by atoms with van der Waals surface area (Å²) in [6, 6.07) is 6.62. The van der Waals surface area contributed by atoms with Gasteiger partial charge in [0.2, 0.25) is 0 Å². The average Bonchev–Trinajstić information content (AvgIpc) is 2.33. The quantitative estimate of drug-likeness (QED) is 0.858. The molecule has 2 aromatic rings. The van der Waals surface area contributed by atoms with E-state index < -0.39 is 6.36 Å². The van der Waals surface area contributed by atoms with Gasteiger partial charge in [0.05, 0.1) is 12.9 Å². The van der Waals surface area contributed by atoms with Crippen molar-refractivity contribution < 1.29 is 17.9 Å². The third kappa shape index (κ3) is 3.84. The lowest BCUT2D eigenvalue weighted by Gasteiger charge is -2.09. The summed E-state index contributed by atoms with van der Waals surface area (Å²) in [7, 11) is 0. The van der Waals surface area contributed by atoms with Gasteiger partial charge in [0.15, 0.2) is 0 Å². The average molecular weight is 270 g/mol. The predicted octanol–water partition coefficient (Wildman–Crippen LogP) is 2.19. The monoisotopic (exact) mass is 270 g/mol. The van der Waals surface area contributed by atoms with Crippen molar-refractivity contribution in [2.24, 2.45) is 0 Å². The van der Waals surface area contributed by atoms with Crippen molar-refractivity contribution in [3.8, 4) is 5.75 Å². The van der Waals surface area contributed by atoms with Crippen molar-refractivity contribution in [1.29, 1.82) is 0 Å². The summed E-state index contributed by atoms with van der Waals surface area (Å²) in [5, 5.41) is 0. The van der Waals surface area contributed by atoms with E-state index in [1.54, 1.807) is 0 Å². The van der Waals surface area contributed by atoms with E-state index >= 15 is 0 Å². The smallest absolute Gasteiger partial charge is 0.406 e. The Balaban J connectivity index is 2.11. The van der Waals surface area contributed by atoms with Crippen molar-refractivity contribution in [2.75, 3.05) is 0 Å². The van der Waals surface area contributed by atoms with Crippen LogP contribution in [-0.2, 0) is 6.54 Å². The van der Waals surface area contributed by atoms with E-state index in [0.29, 0.717) is 5.56 Å². The van der Waals surface area contributed by atoms with Gasteiger partial charge >= 0.3 is 6.36 Å². The first-order valence-corrected chi connectivity index (χ1v) is 5.29. The fraction of sp³-hybridized carbons (Fsp3) is 0.167. The summed E-state index contributed by atoms with van der Waals surface area (Å²) in [5.74, 6) is -0.296. The second-order valence-electron chi connectivity index (χ2n) is 3.74. The van der Waals surface area contributed by atoms with Crippen molar-refractivity contribution in [1.82, 2.24) is 9.55 Å². The number of alkyl halides is 3. The Morgan fingerprint density at radius 3 is 2.42 bits per heavy atom. The first-order chi connectivity index (χ1) is 8.94. The SMILES string of the molecule is O=c1ccncn1Cc1ccc(OC(F)(F)F)cc1. The van der Waals surface area contributed by atoms with Crippen LogP contribution in [0.3, 0.4) is 0 Å². The first kappa shape index (κ1) is 13.1. The van der Waals surface area contributed by atoms with Crippen molar-refractivity contribution in [2.45, 2.75) is 12.9 Å². The number of nitrogens with zero attached hydrogens (tertiary/aromatic N) is 2. The molecule has 2 rings (SSSR count). The van der Waals surface area contributed by atoms with E-state index in [4.69, 9.17) is 0 Å². The molecule has 0 aliphatic heterocycles. The van der Waals surface area contributed by atoms with Gasteiger partial charge in [0.25, 0.3) is 5.56 Å². The molecular weight excluding hydrogens is 261 g/mol. The van der Waals surface area contributed by atoms with E-state index in [2.05, 4.69) is 9.72 Å². The van der Waals surface area contributed by atoms with E-state index in [1.165, 1.54) is 47.4 Å². The van der Waals surface area contributed by atoms with Crippen molar-refractivity contribution in [3.63, 3.8) is 0 Å². The molecule has 7 heteroatoms. The summed E-state index contributed by atoms with van der Waals surface area (Å²) in [4.78, 5) is 15.2. The number of ether oxygens (including phenoxy) is 1. The van der Waals surface area contributed by atoms with Gasteiger partial charge < -0.3 is 4.74 Å². The molecule has 0 N–H and O–H groups in total. The summed E-state index contributed by atoms with van der Waals surface area (Å²) < 4.78 is 41.0. The lowest BCUT2D eigenvalue weighted by atomic mass is 10.2. The highest BCUT2D eigenvalue weighted by Gasteiger charge is 2.30. The fourth-order valence-corrected chi connectivity index (χ4v) is 1.49. The van der Waals surface area contributed by atoms with Crippen LogP contribution in [0.25, 0.3) is 0 Å². The van der Waals surface area contributed by atoms with Crippen LogP contribution in [0.4, 0.5) is 13.2 Å². The molecule has 0 fully saturated rings. The largest absolute Gasteiger partial charge is 0.573 e. The maximum Gasteiger partial charge on any atom is 0.573 e. The fourth-order valence-electron chi connectivity index (χ4n) is 1.49. The molecule has 0 aliphatic carbocycles. The van der Waals surface area contributed by atoms with Gasteiger partial charge in [0.1, 0.15) is 5.75 Å². The molecule has 0 amide bonds. The highest BCUT2D eigenvalue weighted by molar-refractivity contribution is 5.27. The van der Waals surface area contributed by atoms with Gasteiger partial charge in [-0.25, -0.2) is 4.98 Å². The molecule has 0 saturated heterocycles. The number of benzene rings is 1. The Bertz CT molecular complexity index is 605. The molecular formula is C12H9F3N2O2. The molecule has 0 saturated carbocycles. The highest BCUT2D eigenvalue weighted by Crippen LogP contribution is 2.22. The van der Waals surface area contributed by atoms with Crippen LogP contribution in [0.5, 0.6) is 5.75 Å². The molecule has 0 radical (unpaired) electrons. The van der Waals surface area contributed by atoms with Crippen LogP contribution in [0.1, 0.15) is 5.56 Å². The minimum atomic E-state index is -4.71. The number of rotatable bonds is 3. The van der Waals surface area contributed by atoms with E-state index in [9.17, 15) is 18.0 Å². The van der Waals surface area contributed by atoms with E-state index in [0.717, 1.165) is 0 Å². The van der Waals surface area contributed by atoms with Crippen molar-refractivity contribution >= 4 is 0 Å². The van der Waals surface area contributed by atoms with Crippen LogP contribution >= 0.6 is 0 Å². The zero-order valence-corrected chi connectivity index (χ0v) is 9.59. The zero-order chi connectivity index (χ0) is 13.9. The van der Waals surface area contributed by atoms with Gasteiger partial charge in [-0.1, -0.05) is 12.1 Å². The summed E-state index contributed by atoms with van der Waals surface area (Å²) in [6.07, 6.45) is -1.97. The molecule has 19 heavy (non-hydrogen) atoms. The molecule has 0 aliphatic rings. The van der Waals surface area contributed by atoms with Gasteiger partial charge in [-0.05, 0) is 17.7 Å². The summed E-state index contributed by atoms with van der Waals surface area (Å²) in [6.45, 7) is 0.235. The molecule has 0 atom stereocenters. The Morgan fingerprint density at radius 1 is 1.16 bits per heavy atom. The molecule has 1 aromatic heterocycles. The Hall–Kier alpha value is -2.31. The summed E-state index contributed by atoms with van der Waals surface area (Å²) in [5.41, 5.74) is 0.440. The number of aromatic nitrogens is 2. The maximum absolute atomic E-state index is 12.0. The highest BCUT2D eigenvalue weighted by atomic mass is 19.4. The molecule has 4 nitrogen and oxygen atoms in total. The van der Waals surface area contributed by atoms with Crippen LogP contribution < -0.4 is 10.3 Å². The molecule has 1 aromatic carbocycles. The van der Waals surface area contributed by atoms with Gasteiger partial charge in [-0.15, -0.1) is 13.2 Å². The van der Waals surface area contributed by atoms with Gasteiger partial charge in [-0.2, -0.15) is 0 Å². The topological polar surface area (TPSA) is 44.1 Å². The van der Waals surface area contributed by atoms with Crippen molar-refractivity contribution in [3.05, 3.63) is 58.8 Å². The Kier molecular flexibility index (Phi) is 3.55. The Labute approximate surface area is 106 Å². The van der Waals surface area contributed by atoms with Crippen LogP contribution in [0, 0.1) is 0 Å². The number of halogens is 3. The maximum atomic E-state index is 12.0. The van der Waals surface area contributed by atoms with Gasteiger partial charge in [-0.3, -0.25) is 9.36 Å². The number of hydrogen-bond donors (Lipinski definition) is 0. The molecule has 0 spiro atoms. The van der Waals surface area contributed by atoms with E-state index in [1.807, 2.05) is 0 Å². The summed E-state index contributed by atoms with van der Waals surface area (Å²) >= 11 is 0. The zero-order valence-electron chi connectivity index (χ0n) is 9.59. The molecule has 1 heterocycles. The van der Waals surface area contributed by atoms with Gasteiger partial charge in [0, 0.05) is 12.3 Å². The lowest BCUT2D eigenvalue weighted by Crippen LogP contribution is -2.19. The van der Waals surface area contributed by atoms with Crippen LogP contribution in [0.15, 0.2) is 47.7 Å². The molecule has 0 bridgehead atoms. The molecule has 100 valence electrons.